The highest BCUT2D eigenvalue weighted by atomic mass is 16.5. The van der Waals surface area contributed by atoms with E-state index >= 15 is 0 Å². The Hall–Kier alpha value is -1.06. The maximum absolute atomic E-state index is 5.84. The number of benzene rings is 1. The number of rotatable bonds is 2. The molecule has 0 atom stereocenters. The molecular weight excluding hydrogens is 212 g/mol. The summed E-state index contributed by atoms with van der Waals surface area (Å²) < 4.78 is 5.57. The Labute approximate surface area is 104 Å². The summed E-state index contributed by atoms with van der Waals surface area (Å²) in [5.74, 6) is 0. The molecule has 0 aromatic heterocycles. The van der Waals surface area contributed by atoms with Crippen molar-refractivity contribution in [2.24, 2.45) is 5.73 Å². The van der Waals surface area contributed by atoms with E-state index < -0.39 is 0 Å². The third-order valence-electron chi connectivity index (χ3n) is 3.40. The first-order chi connectivity index (χ1) is 8.04. The second-order valence-corrected chi connectivity index (χ2v) is 5.35. The maximum Gasteiger partial charge on any atom is 0.0694 e. The van der Waals surface area contributed by atoms with Gasteiger partial charge in [-0.1, -0.05) is 12.1 Å². The fourth-order valence-corrected chi connectivity index (χ4v) is 2.40. The van der Waals surface area contributed by atoms with E-state index in [1.165, 1.54) is 16.8 Å². The molecule has 0 saturated carbocycles. The lowest BCUT2D eigenvalue weighted by molar-refractivity contribution is 0.0643. The molecule has 0 amide bonds. The van der Waals surface area contributed by atoms with Crippen LogP contribution in [0.1, 0.15) is 25.0 Å². The molecule has 1 aromatic rings. The molecule has 0 bridgehead atoms. The monoisotopic (exact) mass is 234 g/mol. The molecule has 1 heterocycles. The Bertz CT molecular complexity index is 401. The zero-order valence-corrected chi connectivity index (χ0v) is 11.0. The fourth-order valence-electron chi connectivity index (χ4n) is 2.40. The Morgan fingerprint density at radius 2 is 2.18 bits per heavy atom. The van der Waals surface area contributed by atoms with Crippen LogP contribution in [0.15, 0.2) is 18.2 Å². The Morgan fingerprint density at radius 1 is 1.41 bits per heavy atom. The zero-order valence-electron chi connectivity index (χ0n) is 11.0. The predicted octanol–water partition coefficient (Wildman–Crippen LogP) is 2.07. The van der Waals surface area contributed by atoms with E-state index in [2.05, 4.69) is 43.9 Å². The minimum Gasteiger partial charge on any atom is -0.377 e. The second-order valence-electron chi connectivity index (χ2n) is 5.35. The first kappa shape index (κ1) is 12.4. The molecule has 94 valence electrons. The van der Waals surface area contributed by atoms with Crippen molar-refractivity contribution < 1.29 is 4.74 Å². The van der Waals surface area contributed by atoms with Crippen LogP contribution < -0.4 is 10.6 Å². The summed E-state index contributed by atoms with van der Waals surface area (Å²) in [7, 11) is 0. The quantitative estimate of drug-likeness (QED) is 0.851. The van der Waals surface area contributed by atoms with E-state index in [-0.39, 0.29) is 5.54 Å². The van der Waals surface area contributed by atoms with Crippen molar-refractivity contribution in [3.63, 3.8) is 0 Å². The standard InChI is InChI=1S/C14H22N2O/c1-11-4-5-12(9-15)13(8-11)16-6-7-17-10-14(16,2)3/h4-5,8H,6-7,9-10,15H2,1-3H3. The topological polar surface area (TPSA) is 38.5 Å². The first-order valence-corrected chi connectivity index (χ1v) is 6.19. The molecule has 1 saturated heterocycles. The van der Waals surface area contributed by atoms with Crippen molar-refractivity contribution >= 4 is 5.69 Å². The number of nitrogens with zero attached hydrogens (tertiary/aromatic N) is 1. The van der Waals surface area contributed by atoms with Gasteiger partial charge in [-0.3, -0.25) is 0 Å². The van der Waals surface area contributed by atoms with Gasteiger partial charge in [0.05, 0.1) is 18.8 Å². The van der Waals surface area contributed by atoms with Gasteiger partial charge in [-0.25, -0.2) is 0 Å². The minimum absolute atomic E-state index is 0.0377. The van der Waals surface area contributed by atoms with Crippen molar-refractivity contribution in [2.45, 2.75) is 32.9 Å². The highest BCUT2D eigenvalue weighted by Gasteiger charge is 2.31. The van der Waals surface area contributed by atoms with Gasteiger partial charge in [0.25, 0.3) is 0 Å². The zero-order chi connectivity index (χ0) is 12.5. The van der Waals surface area contributed by atoms with Crippen LogP contribution in [0.25, 0.3) is 0 Å². The minimum atomic E-state index is 0.0377. The lowest BCUT2D eigenvalue weighted by atomic mass is 9.98. The SMILES string of the molecule is Cc1ccc(CN)c(N2CCOCC2(C)C)c1. The van der Waals surface area contributed by atoms with E-state index in [1.54, 1.807) is 0 Å². The van der Waals surface area contributed by atoms with Crippen molar-refractivity contribution in [1.29, 1.82) is 0 Å². The second kappa shape index (κ2) is 4.67. The van der Waals surface area contributed by atoms with Crippen LogP contribution in [0.4, 0.5) is 5.69 Å². The number of ether oxygens (including phenoxy) is 1. The number of anilines is 1. The third-order valence-corrected chi connectivity index (χ3v) is 3.40. The summed E-state index contributed by atoms with van der Waals surface area (Å²) in [6, 6.07) is 6.49. The summed E-state index contributed by atoms with van der Waals surface area (Å²) in [5.41, 5.74) is 9.63. The van der Waals surface area contributed by atoms with E-state index in [0.29, 0.717) is 6.54 Å². The van der Waals surface area contributed by atoms with E-state index in [0.717, 1.165) is 19.8 Å². The van der Waals surface area contributed by atoms with E-state index in [1.807, 2.05) is 0 Å². The van der Waals surface area contributed by atoms with Crippen LogP contribution in [0.5, 0.6) is 0 Å². The molecule has 1 aliphatic heterocycles. The maximum atomic E-state index is 5.84. The van der Waals surface area contributed by atoms with E-state index in [9.17, 15) is 0 Å². The molecule has 1 aliphatic rings. The van der Waals surface area contributed by atoms with Crippen LogP contribution in [-0.4, -0.2) is 25.3 Å². The summed E-state index contributed by atoms with van der Waals surface area (Å²) in [4.78, 5) is 2.42. The highest BCUT2D eigenvalue weighted by molar-refractivity contribution is 5.57. The van der Waals surface area contributed by atoms with Crippen LogP contribution in [0, 0.1) is 6.92 Å². The smallest absolute Gasteiger partial charge is 0.0694 e. The molecule has 0 aliphatic carbocycles. The predicted molar refractivity (Wildman–Crippen MR) is 71.3 cm³/mol. The Balaban J connectivity index is 2.40. The first-order valence-electron chi connectivity index (χ1n) is 6.19. The van der Waals surface area contributed by atoms with Gasteiger partial charge in [0.15, 0.2) is 0 Å². The van der Waals surface area contributed by atoms with Gasteiger partial charge in [0, 0.05) is 18.8 Å². The van der Waals surface area contributed by atoms with Crippen LogP contribution in [0.2, 0.25) is 0 Å². The molecule has 0 spiro atoms. The summed E-state index contributed by atoms with van der Waals surface area (Å²) >= 11 is 0. The number of nitrogens with two attached hydrogens (primary N) is 1. The van der Waals surface area contributed by atoms with Crippen molar-refractivity contribution in [2.75, 3.05) is 24.7 Å². The summed E-state index contributed by atoms with van der Waals surface area (Å²) in [5, 5.41) is 0. The summed E-state index contributed by atoms with van der Waals surface area (Å²) in [6.45, 7) is 9.64. The molecule has 0 unspecified atom stereocenters. The van der Waals surface area contributed by atoms with Gasteiger partial charge in [0.2, 0.25) is 0 Å². The molecule has 2 rings (SSSR count). The normalized spacial score (nSPS) is 19.4. The molecule has 1 fully saturated rings. The Morgan fingerprint density at radius 3 is 2.82 bits per heavy atom. The average Bonchev–Trinajstić information content (AvgIpc) is 2.28. The molecular formula is C14H22N2O. The van der Waals surface area contributed by atoms with Crippen molar-refractivity contribution in [3.05, 3.63) is 29.3 Å². The average molecular weight is 234 g/mol. The summed E-state index contributed by atoms with van der Waals surface area (Å²) in [6.07, 6.45) is 0. The molecule has 3 heteroatoms. The number of hydrogen-bond donors (Lipinski definition) is 1. The largest absolute Gasteiger partial charge is 0.377 e. The van der Waals surface area contributed by atoms with Gasteiger partial charge in [-0.15, -0.1) is 0 Å². The number of aryl methyl sites for hydroxylation is 1. The van der Waals surface area contributed by atoms with Gasteiger partial charge >= 0.3 is 0 Å². The van der Waals surface area contributed by atoms with Crippen LogP contribution in [0.3, 0.4) is 0 Å². The molecule has 0 radical (unpaired) electrons. The third kappa shape index (κ3) is 2.45. The number of morpholine rings is 1. The van der Waals surface area contributed by atoms with Crippen LogP contribution >= 0.6 is 0 Å². The highest BCUT2D eigenvalue weighted by Crippen LogP contribution is 2.30. The lowest BCUT2D eigenvalue weighted by Gasteiger charge is -2.44. The van der Waals surface area contributed by atoms with Gasteiger partial charge in [-0.05, 0) is 38.0 Å². The van der Waals surface area contributed by atoms with Crippen molar-refractivity contribution in [3.8, 4) is 0 Å². The van der Waals surface area contributed by atoms with Gasteiger partial charge < -0.3 is 15.4 Å². The van der Waals surface area contributed by atoms with Crippen LogP contribution in [-0.2, 0) is 11.3 Å². The van der Waals surface area contributed by atoms with Crippen molar-refractivity contribution in [1.82, 2.24) is 0 Å². The van der Waals surface area contributed by atoms with Gasteiger partial charge in [0.1, 0.15) is 0 Å². The molecule has 1 aromatic carbocycles. The Kier molecular flexibility index (Phi) is 3.40. The lowest BCUT2D eigenvalue weighted by Crippen LogP contribution is -2.53. The number of hydrogen-bond acceptors (Lipinski definition) is 3. The fraction of sp³-hybridized carbons (Fsp3) is 0.571. The van der Waals surface area contributed by atoms with Gasteiger partial charge in [-0.2, -0.15) is 0 Å². The molecule has 3 nitrogen and oxygen atoms in total. The molecule has 17 heavy (non-hydrogen) atoms. The van der Waals surface area contributed by atoms with E-state index in [4.69, 9.17) is 10.5 Å². The molecule has 2 N–H and O–H groups in total.